The second kappa shape index (κ2) is 6.49. The summed E-state index contributed by atoms with van der Waals surface area (Å²) in [7, 11) is 2.11. The smallest absolute Gasteiger partial charge is 0.241 e. The Bertz CT molecular complexity index is 809. The van der Waals surface area contributed by atoms with Gasteiger partial charge < -0.3 is 8.94 Å². The van der Waals surface area contributed by atoms with Crippen LogP contribution in [-0.4, -0.2) is 27.1 Å². The highest BCUT2D eigenvalue weighted by Crippen LogP contribution is 2.38. The van der Waals surface area contributed by atoms with Crippen LogP contribution in [-0.2, 0) is 19.4 Å². The van der Waals surface area contributed by atoms with Gasteiger partial charge in [0.25, 0.3) is 0 Å². The molecule has 0 bridgehead atoms. The predicted octanol–water partition coefficient (Wildman–Crippen LogP) is 3.86. The van der Waals surface area contributed by atoms with Crippen molar-refractivity contribution in [2.45, 2.75) is 45.2 Å². The van der Waals surface area contributed by atoms with E-state index in [0.29, 0.717) is 30.1 Å². The SMILES string of the molecule is CCc1nc2c(s1)[C@H](N(C)Cc1nc(-c3ccco3)no1)CCC2. The number of nitrogens with zero attached hydrogens (tertiary/aromatic N) is 4. The highest BCUT2D eigenvalue weighted by Gasteiger charge is 2.28. The molecule has 0 amide bonds. The van der Waals surface area contributed by atoms with Gasteiger partial charge >= 0.3 is 0 Å². The third-order valence-electron chi connectivity index (χ3n) is 4.39. The molecule has 6 nitrogen and oxygen atoms in total. The lowest BCUT2D eigenvalue weighted by atomic mass is 9.97. The third kappa shape index (κ3) is 2.89. The summed E-state index contributed by atoms with van der Waals surface area (Å²) in [6, 6.07) is 4.02. The number of fused-ring (bicyclic) bond motifs is 1. The monoisotopic (exact) mass is 344 g/mol. The number of rotatable bonds is 5. The summed E-state index contributed by atoms with van der Waals surface area (Å²) < 4.78 is 10.7. The second-order valence-corrected chi connectivity index (χ2v) is 7.20. The van der Waals surface area contributed by atoms with Crippen LogP contribution in [0.3, 0.4) is 0 Å². The Morgan fingerprint density at radius 2 is 2.29 bits per heavy atom. The molecule has 1 aliphatic carbocycles. The van der Waals surface area contributed by atoms with Gasteiger partial charge in [0.1, 0.15) is 0 Å². The Balaban J connectivity index is 1.51. The predicted molar refractivity (Wildman–Crippen MR) is 90.6 cm³/mol. The maximum absolute atomic E-state index is 5.39. The molecule has 0 aromatic carbocycles. The van der Waals surface area contributed by atoms with Gasteiger partial charge in [0.15, 0.2) is 5.76 Å². The molecule has 3 heterocycles. The van der Waals surface area contributed by atoms with E-state index in [0.717, 1.165) is 19.3 Å². The molecule has 0 aliphatic heterocycles. The quantitative estimate of drug-likeness (QED) is 0.700. The summed E-state index contributed by atoms with van der Waals surface area (Å²) in [6.45, 7) is 2.79. The first-order chi connectivity index (χ1) is 11.7. The Morgan fingerprint density at radius 1 is 1.38 bits per heavy atom. The van der Waals surface area contributed by atoms with E-state index in [9.17, 15) is 0 Å². The van der Waals surface area contributed by atoms with Crippen molar-refractivity contribution < 1.29 is 8.94 Å². The first-order valence-corrected chi connectivity index (χ1v) is 9.11. The topological polar surface area (TPSA) is 68.2 Å². The Morgan fingerprint density at radius 3 is 3.08 bits per heavy atom. The largest absolute Gasteiger partial charge is 0.461 e. The average molecular weight is 344 g/mol. The molecule has 0 N–H and O–H groups in total. The first kappa shape index (κ1) is 15.5. The highest BCUT2D eigenvalue weighted by molar-refractivity contribution is 7.11. The minimum absolute atomic E-state index is 0.380. The van der Waals surface area contributed by atoms with Gasteiger partial charge in [-0.2, -0.15) is 4.98 Å². The van der Waals surface area contributed by atoms with Crippen LogP contribution in [0.4, 0.5) is 0 Å². The maximum atomic E-state index is 5.39. The molecular weight excluding hydrogens is 324 g/mol. The van der Waals surface area contributed by atoms with Gasteiger partial charge in [-0.05, 0) is 44.9 Å². The summed E-state index contributed by atoms with van der Waals surface area (Å²) in [5, 5.41) is 5.24. The van der Waals surface area contributed by atoms with Crippen molar-refractivity contribution in [1.82, 2.24) is 20.0 Å². The average Bonchev–Trinajstić information content (AvgIpc) is 3.33. The van der Waals surface area contributed by atoms with Crippen molar-refractivity contribution in [3.8, 4) is 11.6 Å². The molecule has 0 radical (unpaired) electrons. The minimum Gasteiger partial charge on any atom is -0.461 e. The van der Waals surface area contributed by atoms with E-state index in [1.807, 2.05) is 23.5 Å². The summed E-state index contributed by atoms with van der Waals surface area (Å²) in [4.78, 5) is 12.9. The molecule has 0 saturated heterocycles. The molecule has 0 spiro atoms. The molecule has 0 fully saturated rings. The van der Waals surface area contributed by atoms with Gasteiger partial charge in [0.05, 0.1) is 23.5 Å². The van der Waals surface area contributed by atoms with Crippen LogP contribution in [0.25, 0.3) is 11.6 Å². The van der Waals surface area contributed by atoms with Crippen LogP contribution in [0.5, 0.6) is 0 Å². The maximum Gasteiger partial charge on any atom is 0.241 e. The Kier molecular flexibility index (Phi) is 4.20. The number of aryl methyl sites for hydroxylation is 2. The fraction of sp³-hybridized carbons (Fsp3) is 0.471. The summed E-state index contributed by atoms with van der Waals surface area (Å²) in [5.74, 6) is 1.73. The molecule has 1 aliphatic rings. The molecular formula is C17H20N4O2S. The third-order valence-corrected chi connectivity index (χ3v) is 5.74. The molecule has 4 rings (SSSR count). The van der Waals surface area contributed by atoms with E-state index in [4.69, 9.17) is 13.9 Å². The summed E-state index contributed by atoms with van der Waals surface area (Å²) in [6.07, 6.45) is 6.03. The van der Waals surface area contributed by atoms with E-state index in [1.165, 1.54) is 22.0 Å². The van der Waals surface area contributed by atoms with Gasteiger partial charge in [-0.25, -0.2) is 4.98 Å². The van der Waals surface area contributed by atoms with Crippen molar-refractivity contribution >= 4 is 11.3 Å². The van der Waals surface area contributed by atoms with Gasteiger partial charge in [0, 0.05) is 10.9 Å². The fourth-order valence-corrected chi connectivity index (χ4v) is 4.42. The molecule has 3 aromatic rings. The van der Waals surface area contributed by atoms with Crippen molar-refractivity contribution in [1.29, 1.82) is 0 Å². The first-order valence-electron chi connectivity index (χ1n) is 8.29. The lowest BCUT2D eigenvalue weighted by molar-refractivity contribution is 0.189. The molecule has 126 valence electrons. The van der Waals surface area contributed by atoms with Crippen LogP contribution in [0, 0.1) is 0 Å². The number of thiazole rings is 1. The molecule has 0 unspecified atom stereocenters. The van der Waals surface area contributed by atoms with Gasteiger partial charge in [-0.1, -0.05) is 12.1 Å². The Labute approximate surface area is 144 Å². The van der Waals surface area contributed by atoms with Crippen molar-refractivity contribution in [3.05, 3.63) is 39.9 Å². The number of aromatic nitrogens is 3. The molecule has 3 aromatic heterocycles. The van der Waals surface area contributed by atoms with Gasteiger partial charge in [-0.3, -0.25) is 4.90 Å². The summed E-state index contributed by atoms with van der Waals surface area (Å²) >= 11 is 1.85. The molecule has 0 saturated carbocycles. The van der Waals surface area contributed by atoms with Crippen LogP contribution >= 0.6 is 11.3 Å². The van der Waals surface area contributed by atoms with E-state index in [2.05, 4.69) is 29.0 Å². The number of hydrogen-bond acceptors (Lipinski definition) is 7. The van der Waals surface area contributed by atoms with Crippen molar-refractivity contribution in [2.24, 2.45) is 0 Å². The zero-order valence-electron chi connectivity index (χ0n) is 13.9. The van der Waals surface area contributed by atoms with Crippen LogP contribution in [0.1, 0.15) is 47.3 Å². The Hall–Kier alpha value is -1.99. The lowest BCUT2D eigenvalue weighted by Gasteiger charge is -2.29. The minimum atomic E-state index is 0.380. The number of hydrogen-bond donors (Lipinski definition) is 0. The van der Waals surface area contributed by atoms with Crippen molar-refractivity contribution in [3.63, 3.8) is 0 Å². The standard InChI is InChI=1S/C17H20N4O2S/c1-3-15-18-11-6-4-7-12(16(11)24-15)21(2)10-14-19-17(20-23-14)13-8-5-9-22-13/h5,8-9,12H,3-4,6-7,10H2,1-2H3/t12-/m1/s1. The van der Waals surface area contributed by atoms with Crippen molar-refractivity contribution in [2.75, 3.05) is 7.05 Å². The van der Waals surface area contributed by atoms with E-state index in [-0.39, 0.29) is 0 Å². The molecule has 1 atom stereocenters. The lowest BCUT2D eigenvalue weighted by Crippen LogP contribution is -2.26. The second-order valence-electron chi connectivity index (χ2n) is 6.08. The zero-order chi connectivity index (χ0) is 16.5. The fourth-order valence-electron chi connectivity index (χ4n) is 3.17. The van der Waals surface area contributed by atoms with E-state index >= 15 is 0 Å². The van der Waals surface area contributed by atoms with Gasteiger partial charge in [-0.15, -0.1) is 11.3 Å². The summed E-state index contributed by atoms with van der Waals surface area (Å²) in [5.41, 5.74) is 1.28. The van der Waals surface area contributed by atoms with Crippen LogP contribution in [0.15, 0.2) is 27.3 Å². The molecule has 24 heavy (non-hydrogen) atoms. The molecule has 7 heteroatoms. The normalized spacial score (nSPS) is 17.4. The highest BCUT2D eigenvalue weighted by atomic mass is 32.1. The van der Waals surface area contributed by atoms with Crippen LogP contribution < -0.4 is 0 Å². The zero-order valence-corrected chi connectivity index (χ0v) is 14.7. The van der Waals surface area contributed by atoms with E-state index in [1.54, 1.807) is 6.26 Å². The number of furan rings is 1. The van der Waals surface area contributed by atoms with Gasteiger partial charge in [0.2, 0.25) is 11.7 Å². The van der Waals surface area contributed by atoms with Crippen LogP contribution in [0.2, 0.25) is 0 Å². The van der Waals surface area contributed by atoms with E-state index < -0.39 is 0 Å².